The molecule has 0 radical (unpaired) electrons. The van der Waals surface area contributed by atoms with Gasteiger partial charge in [0.05, 0.1) is 0 Å². The fraction of sp³-hybridized carbons (Fsp3) is 0.500. The Morgan fingerprint density at radius 2 is 2.31 bits per heavy atom. The molecular formula is C8H10ClNO2S. The van der Waals surface area contributed by atoms with E-state index in [1.807, 2.05) is 6.92 Å². The quantitative estimate of drug-likeness (QED) is 0.733. The molecule has 3 nitrogen and oxygen atoms in total. The number of aryl methyl sites for hydroxylation is 1. The zero-order valence-electron chi connectivity index (χ0n) is 7.46. The first-order valence-corrected chi connectivity index (χ1v) is 5.31. The maximum Gasteiger partial charge on any atom is 0.368 e. The molecule has 0 aliphatic heterocycles. The van der Waals surface area contributed by atoms with E-state index in [1.54, 1.807) is 6.92 Å². The fourth-order valence-corrected chi connectivity index (χ4v) is 1.61. The van der Waals surface area contributed by atoms with Gasteiger partial charge in [-0.1, -0.05) is 30.3 Å². The Kier molecular flexibility index (Phi) is 3.81. The summed E-state index contributed by atoms with van der Waals surface area (Å²) in [5.74, 6) is 1.21. The Bertz CT molecular complexity index is 350. The number of nitrogens with zero attached hydrogens (tertiary/aromatic N) is 1. The first-order valence-electron chi connectivity index (χ1n) is 3.95. The van der Waals surface area contributed by atoms with E-state index in [2.05, 4.69) is 4.98 Å². The second kappa shape index (κ2) is 4.67. The van der Waals surface area contributed by atoms with Gasteiger partial charge in [0.1, 0.15) is 5.76 Å². The highest BCUT2D eigenvalue weighted by Gasteiger charge is 2.07. The van der Waals surface area contributed by atoms with Gasteiger partial charge in [0.25, 0.3) is 0 Å². The van der Waals surface area contributed by atoms with Crippen LogP contribution in [0.5, 0.6) is 0 Å². The monoisotopic (exact) mass is 219 g/mol. The van der Waals surface area contributed by atoms with Crippen LogP contribution in [0.15, 0.2) is 14.2 Å². The molecule has 0 aromatic carbocycles. The lowest BCUT2D eigenvalue weighted by atomic mass is 10.6. The third kappa shape index (κ3) is 2.74. The Balaban J connectivity index is 2.95. The number of rotatable bonds is 3. The van der Waals surface area contributed by atoms with Crippen molar-refractivity contribution in [3.8, 4) is 0 Å². The first kappa shape index (κ1) is 10.6. The summed E-state index contributed by atoms with van der Waals surface area (Å²) in [6.45, 7) is 3.65. The van der Waals surface area contributed by atoms with E-state index < -0.39 is 5.63 Å². The van der Waals surface area contributed by atoms with Crippen molar-refractivity contribution < 1.29 is 4.42 Å². The zero-order chi connectivity index (χ0) is 9.84. The Labute approximate surface area is 85.5 Å². The third-order valence-electron chi connectivity index (χ3n) is 1.35. The number of hydrogen-bond acceptors (Lipinski definition) is 4. The van der Waals surface area contributed by atoms with Gasteiger partial charge in [0, 0.05) is 0 Å². The van der Waals surface area contributed by atoms with Crippen LogP contribution in [0.2, 0.25) is 5.15 Å². The van der Waals surface area contributed by atoms with Gasteiger partial charge in [-0.2, -0.15) is 0 Å². The van der Waals surface area contributed by atoms with Crippen LogP contribution in [0.25, 0.3) is 0 Å². The molecule has 13 heavy (non-hydrogen) atoms. The Morgan fingerprint density at radius 3 is 2.92 bits per heavy atom. The van der Waals surface area contributed by atoms with Gasteiger partial charge in [-0.25, -0.2) is 9.78 Å². The second-order valence-electron chi connectivity index (χ2n) is 2.50. The molecule has 0 saturated carbocycles. The lowest BCUT2D eigenvalue weighted by molar-refractivity contribution is 0.453. The lowest BCUT2D eigenvalue weighted by Crippen LogP contribution is -2.06. The van der Waals surface area contributed by atoms with Crippen LogP contribution in [0.1, 0.15) is 19.1 Å². The molecule has 1 aromatic rings. The Morgan fingerprint density at radius 1 is 1.62 bits per heavy atom. The maximum absolute atomic E-state index is 11.2. The molecule has 0 aliphatic rings. The summed E-state index contributed by atoms with van der Waals surface area (Å²) in [4.78, 5) is 15.1. The van der Waals surface area contributed by atoms with E-state index in [0.29, 0.717) is 10.8 Å². The van der Waals surface area contributed by atoms with Gasteiger partial charge in [0.15, 0.2) is 10.2 Å². The van der Waals surface area contributed by atoms with Crippen molar-refractivity contribution in [2.45, 2.75) is 25.3 Å². The molecule has 1 rings (SSSR count). The predicted molar refractivity (Wildman–Crippen MR) is 53.5 cm³/mol. The van der Waals surface area contributed by atoms with Gasteiger partial charge in [0.2, 0.25) is 0 Å². The molecular weight excluding hydrogens is 210 g/mol. The molecule has 0 unspecified atom stereocenters. The standard InChI is InChI=1S/C8H10ClNO2S/c1-3-4-13-7-8(11)12-5(2)6(9)10-7/h3-4H2,1-2H3. The van der Waals surface area contributed by atoms with Crippen LogP contribution in [0, 0.1) is 6.92 Å². The molecule has 0 spiro atoms. The van der Waals surface area contributed by atoms with E-state index in [0.717, 1.165) is 12.2 Å². The molecule has 0 aliphatic carbocycles. The highest BCUT2D eigenvalue weighted by atomic mass is 35.5. The van der Waals surface area contributed by atoms with Gasteiger partial charge < -0.3 is 4.42 Å². The van der Waals surface area contributed by atoms with Gasteiger partial charge in [-0.15, -0.1) is 0 Å². The van der Waals surface area contributed by atoms with Gasteiger partial charge >= 0.3 is 5.63 Å². The summed E-state index contributed by atoms with van der Waals surface area (Å²) < 4.78 is 4.87. The van der Waals surface area contributed by atoms with Gasteiger partial charge in [-0.05, 0) is 19.1 Å². The molecule has 5 heteroatoms. The van der Waals surface area contributed by atoms with E-state index in [9.17, 15) is 4.79 Å². The van der Waals surface area contributed by atoms with E-state index in [-0.39, 0.29) is 5.15 Å². The van der Waals surface area contributed by atoms with Crippen molar-refractivity contribution >= 4 is 23.4 Å². The molecule has 1 heterocycles. The molecule has 1 aromatic heterocycles. The van der Waals surface area contributed by atoms with E-state index in [1.165, 1.54) is 11.8 Å². The van der Waals surface area contributed by atoms with E-state index in [4.69, 9.17) is 16.0 Å². The van der Waals surface area contributed by atoms with Crippen molar-refractivity contribution in [2.75, 3.05) is 5.75 Å². The number of halogens is 1. The van der Waals surface area contributed by atoms with Crippen molar-refractivity contribution in [3.63, 3.8) is 0 Å². The molecule has 0 bridgehead atoms. The second-order valence-corrected chi connectivity index (χ2v) is 3.94. The van der Waals surface area contributed by atoms with Crippen LogP contribution < -0.4 is 5.63 Å². The number of aromatic nitrogens is 1. The summed E-state index contributed by atoms with van der Waals surface area (Å²) in [5.41, 5.74) is -0.402. The maximum atomic E-state index is 11.2. The average molecular weight is 220 g/mol. The summed E-state index contributed by atoms with van der Waals surface area (Å²) in [5, 5.41) is 0.607. The van der Waals surface area contributed by atoms with Crippen LogP contribution in [0.4, 0.5) is 0 Å². The fourth-order valence-electron chi connectivity index (χ4n) is 0.728. The molecule has 0 atom stereocenters. The van der Waals surface area contributed by atoms with Crippen molar-refractivity contribution in [2.24, 2.45) is 0 Å². The van der Waals surface area contributed by atoms with Crippen LogP contribution in [0.3, 0.4) is 0 Å². The number of hydrogen-bond donors (Lipinski definition) is 0. The minimum absolute atomic E-state index is 0.262. The minimum Gasteiger partial charge on any atom is -0.423 e. The predicted octanol–water partition coefficient (Wildman–Crippen LogP) is 2.50. The van der Waals surface area contributed by atoms with Crippen LogP contribution >= 0.6 is 23.4 Å². The topological polar surface area (TPSA) is 43.1 Å². The lowest BCUT2D eigenvalue weighted by Gasteiger charge is -1.99. The number of thioether (sulfide) groups is 1. The summed E-state index contributed by atoms with van der Waals surface area (Å²) in [6, 6.07) is 0. The molecule has 72 valence electrons. The van der Waals surface area contributed by atoms with Gasteiger partial charge in [-0.3, -0.25) is 0 Å². The highest BCUT2D eigenvalue weighted by molar-refractivity contribution is 7.99. The highest BCUT2D eigenvalue weighted by Crippen LogP contribution is 2.16. The molecule has 0 amide bonds. The third-order valence-corrected chi connectivity index (χ3v) is 2.85. The van der Waals surface area contributed by atoms with Crippen LogP contribution in [-0.2, 0) is 0 Å². The summed E-state index contributed by atoms with van der Waals surface area (Å²) in [6.07, 6.45) is 0.983. The first-order chi connectivity index (χ1) is 6.15. The van der Waals surface area contributed by atoms with Crippen molar-refractivity contribution in [3.05, 3.63) is 21.3 Å². The largest absolute Gasteiger partial charge is 0.423 e. The summed E-state index contributed by atoms with van der Waals surface area (Å²) in [7, 11) is 0. The molecule has 0 fully saturated rings. The zero-order valence-corrected chi connectivity index (χ0v) is 9.04. The average Bonchev–Trinajstić information content (AvgIpc) is 2.09. The summed E-state index contributed by atoms with van der Waals surface area (Å²) >= 11 is 7.08. The SMILES string of the molecule is CCCSc1nc(Cl)c(C)oc1=O. The van der Waals surface area contributed by atoms with Crippen molar-refractivity contribution in [1.82, 2.24) is 4.98 Å². The molecule has 0 N–H and O–H groups in total. The minimum atomic E-state index is -0.402. The van der Waals surface area contributed by atoms with Crippen LogP contribution in [-0.4, -0.2) is 10.7 Å². The normalized spacial score (nSPS) is 10.4. The molecule has 0 saturated heterocycles. The smallest absolute Gasteiger partial charge is 0.368 e. The van der Waals surface area contributed by atoms with Crippen molar-refractivity contribution in [1.29, 1.82) is 0 Å². The Hall–Kier alpha value is -0.480. The van der Waals surface area contributed by atoms with E-state index >= 15 is 0 Å².